The molecule has 1 aliphatic rings. The van der Waals surface area contributed by atoms with E-state index in [0.29, 0.717) is 30.8 Å². The predicted octanol–water partition coefficient (Wildman–Crippen LogP) is 1.91. The van der Waals surface area contributed by atoms with E-state index in [0.717, 1.165) is 12.8 Å². The Balaban J connectivity index is 1.64. The lowest BCUT2D eigenvalue weighted by Gasteiger charge is -2.32. The minimum atomic E-state index is -3.37. The van der Waals surface area contributed by atoms with Crippen LogP contribution in [0.4, 0.5) is 5.69 Å². The first-order valence-electron chi connectivity index (χ1n) is 8.72. The van der Waals surface area contributed by atoms with Crippen molar-refractivity contribution in [3.05, 3.63) is 42.5 Å². The van der Waals surface area contributed by atoms with E-state index in [4.69, 9.17) is 0 Å². The minimum Gasteiger partial charge on any atom is -0.338 e. The van der Waals surface area contributed by atoms with E-state index >= 15 is 0 Å². The standard InChI is InChI=1S/C17H23N5O3S/c1-2-10-26(24,25)20-15-5-3-4-14(11-15)17(23)21-8-6-16(7-9-21)22-13-18-12-19-22/h3-5,11-13,16,20H,2,6-10H2,1H3. The summed E-state index contributed by atoms with van der Waals surface area (Å²) >= 11 is 0. The number of carbonyl (C=O) groups is 1. The molecule has 1 aromatic heterocycles. The third-order valence-corrected chi connectivity index (χ3v) is 5.91. The number of likely N-dealkylation sites (tertiary alicyclic amines) is 1. The predicted molar refractivity (Wildman–Crippen MR) is 98.3 cm³/mol. The number of sulfonamides is 1. The molecular weight excluding hydrogens is 354 g/mol. The SMILES string of the molecule is CCCS(=O)(=O)Nc1cccc(C(=O)N2CCC(n3cncn3)CC2)c1. The number of benzene rings is 1. The van der Waals surface area contributed by atoms with Crippen LogP contribution in [0.1, 0.15) is 42.6 Å². The highest BCUT2D eigenvalue weighted by Gasteiger charge is 2.25. The lowest BCUT2D eigenvalue weighted by atomic mass is 10.0. The molecule has 0 aliphatic carbocycles. The molecule has 0 saturated carbocycles. The monoisotopic (exact) mass is 377 g/mol. The molecule has 0 atom stereocenters. The summed E-state index contributed by atoms with van der Waals surface area (Å²) in [6, 6.07) is 6.91. The van der Waals surface area contributed by atoms with Crippen molar-refractivity contribution < 1.29 is 13.2 Å². The molecule has 1 N–H and O–H groups in total. The summed E-state index contributed by atoms with van der Waals surface area (Å²) in [5.74, 6) is -0.0281. The fourth-order valence-electron chi connectivity index (χ4n) is 3.14. The van der Waals surface area contributed by atoms with Gasteiger partial charge in [-0.25, -0.2) is 18.1 Å². The van der Waals surface area contributed by atoms with Crippen LogP contribution >= 0.6 is 0 Å². The second-order valence-electron chi connectivity index (χ2n) is 6.40. The number of rotatable bonds is 6. The van der Waals surface area contributed by atoms with Gasteiger partial charge >= 0.3 is 0 Å². The number of piperidine rings is 1. The molecule has 2 heterocycles. The van der Waals surface area contributed by atoms with Gasteiger partial charge < -0.3 is 4.90 Å². The zero-order chi connectivity index (χ0) is 18.6. The second kappa shape index (κ2) is 7.86. The van der Waals surface area contributed by atoms with Gasteiger partial charge in [0.15, 0.2) is 0 Å². The first-order valence-corrected chi connectivity index (χ1v) is 10.4. The van der Waals surface area contributed by atoms with Gasteiger partial charge in [-0.05, 0) is 37.5 Å². The maximum atomic E-state index is 12.8. The van der Waals surface area contributed by atoms with E-state index in [2.05, 4.69) is 14.8 Å². The number of aromatic nitrogens is 3. The molecule has 1 amide bonds. The van der Waals surface area contributed by atoms with Crippen LogP contribution in [-0.2, 0) is 10.0 Å². The van der Waals surface area contributed by atoms with Crippen molar-refractivity contribution in [1.29, 1.82) is 0 Å². The molecule has 0 radical (unpaired) electrons. The molecule has 0 unspecified atom stereocenters. The number of nitrogens with zero attached hydrogens (tertiary/aromatic N) is 4. The van der Waals surface area contributed by atoms with E-state index in [9.17, 15) is 13.2 Å². The normalized spacial score (nSPS) is 15.8. The lowest BCUT2D eigenvalue weighted by Crippen LogP contribution is -2.39. The summed E-state index contributed by atoms with van der Waals surface area (Å²) < 4.78 is 28.2. The molecule has 0 bridgehead atoms. The fraction of sp³-hybridized carbons (Fsp3) is 0.471. The number of amides is 1. The summed E-state index contributed by atoms with van der Waals surface area (Å²) in [6.45, 7) is 3.08. The van der Waals surface area contributed by atoms with E-state index in [1.807, 2.05) is 11.6 Å². The molecule has 1 aliphatic heterocycles. The molecule has 0 spiro atoms. The number of hydrogen-bond acceptors (Lipinski definition) is 5. The summed E-state index contributed by atoms with van der Waals surface area (Å²) in [5.41, 5.74) is 0.905. The van der Waals surface area contributed by atoms with Gasteiger partial charge in [0.1, 0.15) is 12.7 Å². The van der Waals surface area contributed by atoms with Gasteiger partial charge in [0.05, 0.1) is 11.8 Å². The smallest absolute Gasteiger partial charge is 0.253 e. The lowest BCUT2D eigenvalue weighted by molar-refractivity contribution is 0.0690. The minimum absolute atomic E-state index is 0.0565. The van der Waals surface area contributed by atoms with E-state index < -0.39 is 10.0 Å². The van der Waals surface area contributed by atoms with Crippen molar-refractivity contribution in [2.75, 3.05) is 23.6 Å². The molecule has 1 fully saturated rings. The summed E-state index contributed by atoms with van der Waals surface area (Å²) in [4.78, 5) is 18.5. The Morgan fingerprint density at radius 2 is 2.08 bits per heavy atom. The van der Waals surface area contributed by atoms with Crippen LogP contribution < -0.4 is 4.72 Å². The fourth-order valence-corrected chi connectivity index (χ4v) is 4.26. The van der Waals surface area contributed by atoms with Crippen LogP contribution in [0.15, 0.2) is 36.9 Å². The Kier molecular flexibility index (Phi) is 5.55. The van der Waals surface area contributed by atoms with Crippen LogP contribution in [-0.4, -0.2) is 52.8 Å². The quantitative estimate of drug-likeness (QED) is 0.829. The zero-order valence-corrected chi connectivity index (χ0v) is 15.5. The van der Waals surface area contributed by atoms with Gasteiger partial charge in [-0.2, -0.15) is 5.10 Å². The maximum Gasteiger partial charge on any atom is 0.253 e. The molecule has 140 valence electrons. The highest BCUT2D eigenvalue weighted by atomic mass is 32.2. The topological polar surface area (TPSA) is 97.2 Å². The average molecular weight is 377 g/mol. The maximum absolute atomic E-state index is 12.8. The van der Waals surface area contributed by atoms with E-state index in [1.165, 1.54) is 6.33 Å². The van der Waals surface area contributed by atoms with Crippen LogP contribution in [0.5, 0.6) is 0 Å². The molecular formula is C17H23N5O3S. The third-order valence-electron chi connectivity index (χ3n) is 4.42. The van der Waals surface area contributed by atoms with Crippen molar-refractivity contribution in [3.8, 4) is 0 Å². The largest absolute Gasteiger partial charge is 0.338 e. The van der Waals surface area contributed by atoms with Crippen molar-refractivity contribution in [1.82, 2.24) is 19.7 Å². The molecule has 8 nitrogen and oxygen atoms in total. The molecule has 1 aromatic carbocycles. The van der Waals surface area contributed by atoms with E-state index in [1.54, 1.807) is 35.5 Å². The molecule has 1 saturated heterocycles. The van der Waals surface area contributed by atoms with Gasteiger partial charge in [-0.15, -0.1) is 0 Å². The van der Waals surface area contributed by atoms with Gasteiger partial charge in [0.25, 0.3) is 5.91 Å². The second-order valence-corrected chi connectivity index (χ2v) is 8.24. The molecule has 2 aromatic rings. The van der Waals surface area contributed by atoms with Gasteiger partial charge in [0, 0.05) is 24.3 Å². The Morgan fingerprint density at radius 1 is 1.31 bits per heavy atom. The average Bonchev–Trinajstić information content (AvgIpc) is 3.15. The summed E-state index contributed by atoms with van der Waals surface area (Å²) in [5, 5.41) is 4.17. The van der Waals surface area contributed by atoms with E-state index in [-0.39, 0.29) is 17.7 Å². The number of carbonyl (C=O) groups excluding carboxylic acids is 1. The van der Waals surface area contributed by atoms with Crippen molar-refractivity contribution in [2.45, 2.75) is 32.2 Å². The first kappa shape index (κ1) is 18.4. The van der Waals surface area contributed by atoms with Crippen LogP contribution in [0.2, 0.25) is 0 Å². The van der Waals surface area contributed by atoms with Crippen molar-refractivity contribution in [2.24, 2.45) is 0 Å². The van der Waals surface area contributed by atoms with Crippen molar-refractivity contribution in [3.63, 3.8) is 0 Å². The highest BCUT2D eigenvalue weighted by molar-refractivity contribution is 7.92. The van der Waals surface area contributed by atoms with Crippen LogP contribution in [0, 0.1) is 0 Å². The van der Waals surface area contributed by atoms with Gasteiger partial charge in [-0.1, -0.05) is 13.0 Å². The highest BCUT2D eigenvalue weighted by Crippen LogP contribution is 2.23. The number of hydrogen-bond donors (Lipinski definition) is 1. The van der Waals surface area contributed by atoms with Crippen LogP contribution in [0.3, 0.4) is 0 Å². The molecule has 9 heteroatoms. The Bertz CT molecular complexity index is 843. The third kappa shape index (κ3) is 4.40. The first-order chi connectivity index (χ1) is 12.5. The summed E-state index contributed by atoms with van der Waals surface area (Å²) in [7, 11) is -3.37. The molecule has 26 heavy (non-hydrogen) atoms. The molecule has 3 rings (SSSR count). The Hall–Kier alpha value is -2.42. The zero-order valence-electron chi connectivity index (χ0n) is 14.7. The Labute approximate surface area is 153 Å². The van der Waals surface area contributed by atoms with Gasteiger partial charge in [0.2, 0.25) is 10.0 Å². The number of nitrogens with one attached hydrogen (secondary N) is 1. The van der Waals surface area contributed by atoms with Gasteiger partial charge in [-0.3, -0.25) is 9.52 Å². The number of anilines is 1. The summed E-state index contributed by atoms with van der Waals surface area (Å²) in [6.07, 6.45) is 5.39. The Morgan fingerprint density at radius 3 is 2.73 bits per heavy atom. The van der Waals surface area contributed by atoms with Crippen LogP contribution in [0.25, 0.3) is 0 Å². The van der Waals surface area contributed by atoms with Crippen molar-refractivity contribution >= 4 is 21.6 Å².